The number of rotatable bonds is 10. The van der Waals surface area contributed by atoms with E-state index in [2.05, 4.69) is 4.74 Å². The van der Waals surface area contributed by atoms with Crippen molar-refractivity contribution in [2.75, 3.05) is 46.6 Å². The van der Waals surface area contributed by atoms with Crippen LogP contribution in [0.5, 0.6) is 0 Å². The number of esters is 1. The molecule has 0 unspecified atom stereocenters. The van der Waals surface area contributed by atoms with Crippen LogP contribution >= 0.6 is 0 Å². The first kappa shape index (κ1) is 19.3. The van der Waals surface area contributed by atoms with Gasteiger partial charge in [0.2, 0.25) is 10.0 Å². The molecular formula is C13H28N2O4S. The monoisotopic (exact) mass is 308 g/mol. The van der Waals surface area contributed by atoms with Gasteiger partial charge < -0.3 is 9.64 Å². The molecule has 0 aromatic heterocycles. The summed E-state index contributed by atoms with van der Waals surface area (Å²) in [6.45, 7) is 5.66. The number of hydrogen-bond donors (Lipinski definition) is 0. The Labute approximate surface area is 123 Å². The van der Waals surface area contributed by atoms with Gasteiger partial charge in [-0.2, -0.15) is 0 Å². The van der Waals surface area contributed by atoms with E-state index in [9.17, 15) is 13.2 Å². The summed E-state index contributed by atoms with van der Waals surface area (Å²) in [7, 11) is 1.81. The SMILES string of the molecule is COC(=O)CCCS(=O)(=O)N(CCN(C)C)CC(C)C. The van der Waals surface area contributed by atoms with Crippen LogP contribution in [0.1, 0.15) is 26.7 Å². The lowest BCUT2D eigenvalue weighted by atomic mass is 10.2. The van der Waals surface area contributed by atoms with E-state index in [1.807, 2.05) is 32.8 Å². The predicted molar refractivity (Wildman–Crippen MR) is 80.0 cm³/mol. The number of carbonyl (C=O) groups is 1. The summed E-state index contributed by atoms with van der Waals surface area (Å²) in [5, 5.41) is 0. The average Bonchev–Trinajstić information content (AvgIpc) is 2.33. The molecule has 0 fully saturated rings. The topological polar surface area (TPSA) is 66.9 Å². The van der Waals surface area contributed by atoms with Gasteiger partial charge in [-0.1, -0.05) is 13.8 Å². The number of carbonyl (C=O) groups excluding carboxylic acids is 1. The van der Waals surface area contributed by atoms with Crippen LogP contribution in [0.25, 0.3) is 0 Å². The van der Waals surface area contributed by atoms with E-state index in [-0.39, 0.29) is 24.1 Å². The normalized spacial score (nSPS) is 12.4. The molecule has 0 bridgehead atoms. The Bertz CT molecular complexity index is 380. The lowest BCUT2D eigenvalue weighted by Crippen LogP contribution is -2.40. The molecule has 0 saturated carbocycles. The number of ether oxygens (including phenoxy) is 1. The van der Waals surface area contributed by atoms with E-state index < -0.39 is 10.0 Å². The molecule has 0 atom stereocenters. The lowest BCUT2D eigenvalue weighted by Gasteiger charge is -2.25. The van der Waals surface area contributed by atoms with Gasteiger partial charge in [0.1, 0.15) is 0 Å². The van der Waals surface area contributed by atoms with E-state index in [1.165, 1.54) is 11.4 Å². The van der Waals surface area contributed by atoms with Crippen LogP contribution in [-0.2, 0) is 19.6 Å². The van der Waals surface area contributed by atoms with Crippen molar-refractivity contribution >= 4 is 16.0 Å². The third-order valence-electron chi connectivity index (χ3n) is 2.77. The molecule has 0 amide bonds. The summed E-state index contributed by atoms with van der Waals surface area (Å²) in [4.78, 5) is 13.0. The second-order valence-corrected chi connectivity index (χ2v) is 7.64. The summed E-state index contributed by atoms with van der Waals surface area (Å²) in [5.74, 6) is -0.112. The fourth-order valence-electron chi connectivity index (χ4n) is 1.69. The summed E-state index contributed by atoms with van der Waals surface area (Å²) in [6.07, 6.45) is 0.435. The molecule has 0 aromatic rings. The minimum absolute atomic E-state index is 0.0117. The summed E-state index contributed by atoms with van der Waals surface area (Å²) in [5.41, 5.74) is 0. The summed E-state index contributed by atoms with van der Waals surface area (Å²) >= 11 is 0. The quantitative estimate of drug-likeness (QED) is 0.558. The fraction of sp³-hybridized carbons (Fsp3) is 0.923. The van der Waals surface area contributed by atoms with Gasteiger partial charge >= 0.3 is 5.97 Å². The number of likely N-dealkylation sites (N-methyl/N-ethyl adjacent to an activating group) is 1. The maximum Gasteiger partial charge on any atom is 0.305 e. The van der Waals surface area contributed by atoms with Crippen molar-refractivity contribution in [3.05, 3.63) is 0 Å². The zero-order valence-electron chi connectivity index (χ0n) is 13.3. The van der Waals surface area contributed by atoms with Gasteiger partial charge in [0, 0.05) is 26.1 Å². The van der Waals surface area contributed by atoms with Crippen LogP contribution in [0.4, 0.5) is 0 Å². The van der Waals surface area contributed by atoms with Crippen molar-refractivity contribution in [2.45, 2.75) is 26.7 Å². The Morgan fingerprint density at radius 1 is 1.20 bits per heavy atom. The highest BCUT2D eigenvalue weighted by Crippen LogP contribution is 2.09. The second-order valence-electron chi connectivity index (χ2n) is 5.55. The molecule has 0 spiro atoms. The number of methoxy groups -OCH3 is 1. The first-order valence-corrected chi connectivity index (χ1v) is 8.49. The van der Waals surface area contributed by atoms with Crippen molar-refractivity contribution < 1.29 is 17.9 Å². The van der Waals surface area contributed by atoms with E-state index in [0.29, 0.717) is 26.1 Å². The van der Waals surface area contributed by atoms with Gasteiger partial charge in [-0.15, -0.1) is 0 Å². The number of sulfonamides is 1. The maximum absolute atomic E-state index is 12.3. The molecule has 0 aromatic carbocycles. The molecule has 120 valence electrons. The molecule has 6 nitrogen and oxygen atoms in total. The van der Waals surface area contributed by atoms with Crippen molar-refractivity contribution in [3.63, 3.8) is 0 Å². The Kier molecular flexibility index (Phi) is 9.00. The first-order chi connectivity index (χ1) is 9.19. The Balaban J connectivity index is 4.55. The van der Waals surface area contributed by atoms with Gasteiger partial charge in [0.25, 0.3) is 0 Å². The molecular weight excluding hydrogens is 280 g/mol. The lowest BCUT2D eigenvalue weighted by molar-refractivity contribution is -0.140. The zero-order chi connectivity index (χ0) is 15.8. The molecule has 20 heavy (non-hydrogen) atoms. The average molecular weight is 308 g/mol. The zero-order valence-corrected chi connectivity index (χ0v) is 14.1. The van der Waals surface area contributed by atoms with Crippen LogP contribution in [0.3, 0.4) is 0 Å². The molecule has 0 N–H and O–H groups in total. The van der Waals surface area contributed by atoms with E-state index in [4.69, 9.17) is 0 Å². The van der Waals surface area contributed by atoms with E-state index in [1.54, 1.807) is 0 Å². The number of nitrogens with zero attached hydrogens (tertiary/aromatic N) is 2. The van der Waals surface area contributed by atoms with Crippen molar-refractivity contribution in [1.82, 2.24) is 9.21 Å². The smallest absolute Gasteiger partial charge is 0.305 e. The Morgan fingerprint density at radius 2 is 1.80 bits per heavy atom. The molecule has 0 heterocycles. The highest BCUT2D eigenvalue weighted by atomic mass is 32.2. The molecule has 0 saturated heterocycles. The molecule has 0 aliphatic carbocycles. The van der Waals surface area contributed by atoms with E-state index in [0.717, 1.165) is 0 Å². The molecule has 7 heteroatoms. The van der Waals surface area contributed by atoms with Crippen molar-refractivity contribution in [2.24, 2.45) is 5.92 Å². The summed E-state index contributed by atoms with van der Waals surface area (Å²) < 4.78 is 30.6. The second kappa shape index (κ2) is 9.31. The minimum atomic E-state index is -3.32. The van der Waals surface area contributed by atoms with Gasteiger partial charge in [-0.05, 0) is 26.4 Å². The first-order valence-electron chi connectivity index (χ1n) is 6.88. The van der Waals surface area contributed by atoms with Gasteiger partial charge in [-0.3, -0.25) is 4.79 Å². The maximum atomic E-state index is 12.3. The standard InChI is InChI=1S/C13H28N2O4S/c1-12(2)11-15(9-8-14(3)4)20(17,18)10-6-7-13(16)19-5/h12H,6-11H2,1-5H3. The van der Waals surface area contributed by atoms with Gasteiger partial charge in [-0.25, -0.2) is 12.7 Å². The summed E-state index contributed by atoms with van der Waals surface area (Å²) in [6, 6.07) is 0. The third-order valence-corrected chi connectivity index (χ3v) is 4.69. The van der Waals surface area contributed by atoms with Gasteiger partial charge in [0.05, 0.1) is 12.9 Å². The predicted octanol–water partition coefficient (Wildman–Crippen LogP) is 0.789. The molecule has 0 aliphatic heterocycles. The van der Waals surface area contributed by atoms with E-state index >= 15 is 0 Å². The minimum Gasteiger partial charge on any atom is -0.469 e. The van der Waals surface area contributed by atoms with Gasteiger partial charge in [0.15, 0.2) is 0 Å². The van der Waals surface area contributed by atoms with Crippen LogP contribution in [0.15, 0.2) is 0 Å². The Hall–Kier alpha value is -0.660. The largest absolute Gasteiger partial charge is 0.469 e. The molecule has 0 radical (unpaired) electrons. The highest BCUT2D eigenvalue weighted by Gasteiger charge is 2.22. The number of hydrogen-bond acceptors (Lipinski definition) is 5. The van der Waals surface area contributed by atoms with Crippen molar-refractivity contribution in [1.29, 1.82) is 0 Å². The van der Waals surface area contributed by atoms with Crippen LogP contribution < -0.4 is 0 Å². The third kappa shape index (κ3) is 8.50. The Morgan fingerprint density at radius 3 is 2.25 bits per heavy atom. The fourth-order valence-corrected chi connectivity index (χ4v) is 3.35. The van der Waals surface area contributed by atoms with Crippen LogP contribution in [-0.4, -0.2) is 70.2 Å². The van der Waals surface area contributed by atoms with Crippen LogP contribution in [0.2, 0.25) is 0 Å². The molecule has 0 aliphatic rings. The van der Waals surface area contributed by atoms with Crippen molar-refractivity contribution in [3.8, 4) is 0 Å². The van der Waals surface area contributed by atoms with Crippen LogP contribution in [0, 0.1) is 5.92 Å². The highest BCUT2D eigenvalue weighted by molar-refractivity contribution is 7.89. The molecule has 0 rings (SSSR count).